The molecule has 0 spiro atoms. The molecule has 1 heterocycles. The Bertz CT molecular complexity index is 830. The van der Waals surface area contributed by atoms with Gasteiger partial charge in [0.2, 0.25) is 5.91 Å². The van der Waals surface area contributed by atoms with Crippen molar-refractivity contribution in [2.24, 2.45) is 5.73 Å². The van der Waals surface area contributed by atoms with Gasteiger partial charge in [-0.25, -0.2) is 0 Å². The second kappa shape index (κ2) is 6.15. The van der Waals surface area contributed by atoms with Gasteiger partial charge in [-0.3, -0.25) is 9.59 Å². The predicted octanol–water partition coefficient (Wildman–Crippen LogP) is 4.27. The van der Waals surface area contributed by atoms with Crippen LogP contribution in [0.25, 0.3) is 10.4 Å². The highest BCUT2D eigenvalue weighted by atomic mass is 35.5. The fourth-order valence-electron chi connectivity index (χ4n) is 2.89. The van der Waals surface area contributed by atoms with Gasteiger partial charge in [0.05, 0.1) is 15.6 Å². The number of nitrogens with two attached hydrogens (primary N) is 1. The average Bonchev–Trinajstić information content (AvgIpc) is 2.71. The number of halogens is 2. The Hall–Kier alpha value is -1.56. The van der Waals surface area contributed by atoms with Crippen molar-refractivity contribution in [1.82, 2.24) is 0 Å². The summed E-state index contributed by atoms with van der Waals surface area (Å²) in [5.41, 5.74) is 8.88. The molecule has 120 valence electrons. The first-order chi connectivity index (χ1) is 10.9. The number of benzene rings is 1. The first kappa shape index (κ1) is 16.3. The lowest BCUT2D eigenvalue weighted by atomic mass is 10.0. The summed E-state index contributed by atoms with van der Waals surface area (Å²) in [5.74, 6) is -0.770. The quantitative estimate of drug-likeness (QED) is 0.830. The van der Waals surface area contributed by atoms with Crippen molar-refractivity contribution in [2.45, 2.75) is 26.2 Å². The maximum Gasteiger partial charge on any atom is 0.252 e. The molecule has 0 unspecified atom stereocenters. The molecule has 1 aromatic carbocycles. The lowest BCUT2D eigenvalue weighted by Gasteiger charge is -2.08. The minimum Gasteiger partial charge on any atom is -0.365 e. The van der Waals surface area contributed by atoms with Crippen molar-refractivity contribution in [3.8, 4) is 10.4 Å². The van der Waals surface area contributed by atoms with Crippen molar-refractivity contribution < 1.29 is 9.59 Å². The number of carbonyl (C=O) groups excluding carboxylic acids is 2. The molecule has 0 aliphatic heterocycles. The number of carbonyl (C=O) groups is 2. The minimum atomic E-state index is -0.533. The number of aryl methyl sites for hydroxylation is 1. The first-order valence-electron chi connectivity index (χ1n) is 7.09. The van der Waals surface area contributed by atoms with Gasteiger partial charge in [-0.2, -0.15) is 0 Å². The average molecular weight is 369 g/mol. The Labute approximate surface area is 147 Å². The van der Waals surface area contributed by atoms with Gasteiger partial charge in [-0.15, -0.1) is 11.3 Å². The molecule has 7 heteroatoms. The highest BCUT2D eigenvalue weighted by molar-refractivity contribution is 7.20. The Morgan fingerprint density at radius 2 is 1.91 bits per heavy atom. The SMILES string of the molecule is CC(=O)Nc1sc2c(c1C(N)=O)CCCc1cc(Cl)c(Cl)cc1-2. The lowest BCUT2D eigenvalue weighted by Crippen LogP contribution is -2.16. The summed E-state index contributed by atoms with van der Waals surface area (Å²) in [5, 5.41) is 4.19. The summed E-state index contributed by atoms with van der Waals surface area (Å²) < 4.78 is 0. The number of nitrogens with one attached hydrogen (secondary N) is 1. The van der Waals surface area contributed by atoms with E-state index in [4.69, 9.17) is 28.9 Å². The van der Waals surface area contributed by atoms with Gasteiger partial charge >= 0.3 is 0 Å². The van der Waals surface area contributed by atoms with Gasteiger partial charge in [0.15, 0.2) is 0 Å². The zero-order chi connectivity index (χ0) is 16.7. The molecule has 0 saturated carbocycles. The number of fused-ring (bicyclic) bond motifs is 3. The van der Waals surface area contributed by atoms with Crippen LogP contribution < -0.4 is 11.1 Å². The Kier molecular flexibility index (Phi) is 4.36. The lowest BCUT2D eigenvalue weighted by molar-refractivity contribution is -0.114. The van der Waals surface area contributed by atoms with E-state index in [-0.39, 0.29) is 5.91 Å². The van der Waals surface area contributed by atoms with Crippen molar-refractivity contribution in [3.05, 3.63) is 38.9 Å². The van der Waals surface area contributed by atoms with Crippen LogP contribution in [0, 0.1) is 0 Å². The van der Waals surface area contributed by atoms with E-state index < -0.39 is 5.91 Å². The molecule has 2 aromatic rings. The van der Waals surface area contributed by atoms with Gasteiger partial charge in [0.1, 0.15) is 5.00 Å². The Morgan fingerprint density at radius 1 is 1.22 bits per heavy atom. The summed E-state index contributed by atoms with van der Waals surface area (Å²) in [6.45, 7) is 1.40. The molecular formula is C16H14Cl2N2O2S. The van der Waals surface area contributed by atoms with Gasteiger partial charge in [0.25, 0.3) is 5.91 Å². The molecule has 1 aliphatic rings. The molecule has 0 saturated heterocycles. The summed E-state index contributed by atoms with van der Waals surface area (Å²) >= 11 is 13.6. The monoisotopic (exact) mass is 368 g/mol. The van der Waals surface area contributed by atoms with E-state index in [0.29, 0.717) is 27.0 Å². The van der Waals surface area contributed by atoms with E-state index >= 15 is 0 Å². The first-order valence-corrected chi connectivity index (χ1v) is 8.67. The van der Waals surface area contributed by atoms with Crippen LogP contribution in [0.2, 0.25) is 10.0 Å². The van der Waals surface area contributed by atoms with Gasteiger partial charge in [0, 0.05) is 11.8 Å². The molecule has 0 bridgehead atoms. The smallest absolute Gasteiger partial charge is 0.252 e. The largest absolute Gasteiger partial charge is 0.365 e. The van der Waals surface area contributed by atoms with Crippen molar-refractivity contribution in [3.63, 3.8) is 0 Å². The van der Waals surface area contributed by atoms with Crippen LogP contribution in [-0.2, 0) is 17.6 Å². The summed E-state index contributed by atoms with van der Waals surface area (Å²) in [6, 6.07) is 3.69. The number of hydrogen-bond donors (Lipinski definition) is 2. The summed E-state index contributed by atoms with van der Waals surface area (Å²) in [7, 11) is 0. The molecule has 1 aromatic heterocycles. The molecule has 3 N–H and O–H groups in total. The van der Waals surface area contributed by atoms with Crippen molar-refractivity contribution in [1.29, 1.82) is 0 Å². The van der Waals surface area contributed by atoms with Crippen LogP contribution in [0.3, 0.4) is 0 Å². The van der Waals surface area contributed by atoms with E-state index in [9.17, 15) is 9.59 Å². The normalized spacial score (nSPS) is 13.0. The third-order valence-corrected chi connectivity index (χ3v) is 5.71. The van der Waals surface area contributed by atoms with Crippen LogP contribution >= 0.6 is 34.5 Å². The van der Waals surface area contributed by atoms with Gasteiger partial charge in [-0.05, 0) is 48.1 Å². The third kappa shape index (κ3) is 2.96. The molecular weight excluding hydrogens is 355 g/mol. The molecule has 4 nitrogen and oxygen atoms in total. The maximum atomic E-state index is 11.9. The fraction of sp³-hybridized carbons (Fsp3) is 0.250. The Balaban J connectivity index is 2.26. The number of thiophene rings is 1. The van der Waals surface area contributed by atoms with E-state index in [1.165, 1.54) is 18.3 Å². The number of anilines is 1. The second-order valence-electron chi connectivity index (χ2n) is 5.44. The standard InChI is InChI=1S/C16H14Cl2N2O2S/c1-7(21)20-16-13(15(19)22)9-4-2-3-8-5-11(17)12(18)6-10(8)14(9)23-16/h5-6H,2-4H2,1H3,(H2,19,22)(H,20,21). The minimum absolute atomic E-state index is 0.238. The highest BCUT2D eigenvalue weighted by Crippen LogP contribution is 2.45. The molecule has 0 fully saturated rings. The van der Waals surface area contributed by atoms with E-state index in [1.807, 2.05) is 12.1 Å². The van der Waals surface area contributed by atoms with Crippen LogP contribution in [0.1, 0.15) is 34.8 Å². The molecule has 0 atom stereocenters. The highest BCUT2D eigenvalue weighted by Gasteiger charge is 2.27. The second-order valence-corrected chi connectivity index (χ2v) is 7.27. The van der Waals surface area contributed by atoms with Gasteiger partial charge in [-0.1, -0.05) is 23.2 Å². The summed E-state index contributed by atoms with van der Waals surface area (Å²) in [4.78, 5) is 24.3. The number of hydrogen-bond acceptors (Lipinski definition) is 3. The van der Waals surface area contributed by atoms with Gasteiger partial charge < -0.3 is 11.1 Å². The van der Waals surface area contributed by atoms with Crippen LogP contribution in [0.15, 0.2) is 12.1 Å². The van der Waals surface area contributed by atoms with Crippen LogP contribution in [0.4, 0.5) is 5.00 Å². The van der Waals surface area contributed by atoms with Crippen molar-refractivity contribution in [2.75, 3.05) is 5.32 Å². The molecule has 0 radical (unpaired) electrons. The molecule has 2 amide bonds. The molecule has 3 rings (SSSR count). The Morgan fingerprint density at radius 3 is 2.57 bits per heavy atom. The van der Waals surface area contributed by atoms with E-state index in [0.717, 1.165) is 34.4 Å². The van der Waals surface area contributed by atoms with E-state index in [1.54, 1.807) is 0 Å². The van der Waals surface area contributed by atoms with Crippen LogP contribution in [-0.4, -0.2) is 11.8 Å². The number of rotatable bonds is 2. The predicted molar refractivity (Wildman–Crippen MR) is 94.6 cm³/mol. The zero-order valence-electron chi connectivity index (χ0n) is 12.3. The topological polar surface area (TPSA) is 72.2 Å². The zero-order valence-corrected chi connectivity index (χ0v) is 14.7. The van der Waals surface area contributed by atoms with Crippen molar-refractivity contribution >= 4 is 51.4 Å². The third-order valence-electron chi connectivity index (χ3n) is 3.81. The number of amides is 2. The van der Waals surface area contributed by atoms with E-state index in [2.05, 4.69) is 5.32 Å². The maximum absolute atomic E-state index is 11.9. The molecule has 23 heavy (non-hydrogen) atoms. The fourth-order valence-corrected chi connectivity index (χ4v) is 4.59. The van der Waals surface area contributed by atoms with Crippen LogP contribution in [0.5, 0.6) is 0 Å². The summed E-state index contributed by atoms with van der Waals surface area (Å²) in [6.07, 6.45) is 2.43. The number of primary amides is 1. The molecule has 1 aliphatic carbocycles.